The van der Waals surface area contributed by atoms with Crippen LogP contribution < -0.4 is 0 Å². The van der Waals surface area contributed by atoms with Crippen molar-refractivity contribution in [1.29, 1.82) is 0 Å². The van der Waals surface area contributed by atoms with Gasteiger partial charge in [-0.1, -0.05) is 5.16 Å². The summed E-state index contributed by atoms with van der Waals surface area (Å²) >= 11 is 1.72. The van der Waals surface area contributed by atoms with E-state index >= 15 is 0 Å². The van der Waals surface area contributed by atoms with Crippen LogP contribution in [-0.2, 0) is 0 Å². The van der Waals surface area contributed by atoms with E-state index < -0.39 is 0 Å². The molecule has 1 atom stereocenters. The highest BCUT2D eigenvalue weighted by molar-refractivity contribution is 7.11. The van der Waals surface area contributed by atoms with Crippen LogP contribution in [0.4, 0.5) is 0 Å². The van der Waals surface area contributed by atoms with E-state index in [2.05, 4.69) is 17.1 Å². The van der Waals surface area contributed by atoms with Gasteiger partial charge in [0.05, 0.1) is 11.2 Å². The predicted octanol–water partition coefficient (Wildman–Crippen LogP) is 2.46. The van der Waals surface area contributed by atoms with Crippen molar-refractivity contribution < 1.29 is 9.32 Å². The number of rotatable bonds is 2. The van der Waals surface area contributed by atoms with Crippen molar-refractivity contribution in [3.8, 4) is 0 Å². The first-order chi connectivity index (χ1) is 9.24. The summed E-state index contributed by atoms with van der Waals surface area (Å²) in [6.07, 6.45) is 5.49. The fourth-order valence-corrected chi connectivity index (χ4v) is 3.31. The average Bonchev–Trinajstić information content (AvgIpc) is 3.09. The van der Waals surface area contributed by atoms with Crippen molar-refractivity contribution in [1.82, 2.24) is 15.0 Å². The highest BCUT2D eigenvalue weighted by atomic mass is 32.1. The highest BCUT2D eigenvalue weighted by Gasteiger charge is 2.28. The topological polar surface area (TPSA) is 59.2 Å². The van der Waals surface area contributed by atoms with Crippen molar-refractivity contribution in [2.24, 2.45) is 0 Å². The minimum absolute atomic E-state index is 0.0736. The number of aromatic nitrogens is 2. The van der Waals surface area contributed by atoms with Gasteiger partial charge in [-0.05, 0) is 19.8 Å². The van der Waals surface area contributed by atoms with Crippen LogP contribution in [0.3, 0.4) is 0 Å². The molecule has 0 aliphatic carbocycles. The maximum Gasteiger partial charge on any atom is 0.292 e. The molecule has 6 heteroatoms. The second kappa shape index (κ2) is 5.13. The Morgan fingerprint density at radius 2 is 2.47 bits per heavy atom. The van der Waals surface area contributed by atoms with Gasteiger partial charge in [-0.3, -0.25) is 4.79 Å². The molecule has 0 unspecified atom stereocenters. The number of carbonyl (C=O) groups excluding carboxylic acids is 1. The van der Waals surface area contributed by atoms with Crippen LogP contribution in [-0.4, -0.2) is 34.0 Å². The van der Waals surface area contributed by atoms with Crippen LogP contribution in [0.1, 0.15) is 39.2 Å². The summed E-state index contributed by atoms with van der Waals surface area (Å²) in [6.45, 7) is 3.55. The van der Waals surface area contributed by atoms with Crippen LogP contribution in [0.5, 0.6) is 0 Å². The molecule has 2 aromatic rings. The Kier molecular flexibility index (Phi) is 3.33. The molecule has 1 fully saturated rings. The Bertz CT molecular complexity index is 564. The lowest BCUT2D eigenvalue weighted by molar-refractivity contribution is 0.0665. The number of piperidine rings is 1. The number of thiazole rings is 1. The third-order valence-electron chi connectivity index (χ3n) is 3.35. The minimum Gasteiger partial charge on any atom is -0.351 e. The summed E-state index contributed by atoms with van der Waals surface area (Å²) in [4.78, 5) is 19.7. The van der Waals surface area contributed by atoms with Crippen molar-refractivity contribution in [2.45, 2.75) is 25.7 Å². The third-order valence-corrected chi connectivity index (χ3v) is 4.42. The first-order valence-corrected chi connectivity index (χ1v) is 7.18. The molecule has 1 saturated heterocycles. The van der Waals surface area contributed by atoms with Crippen LogP contribution in [0.25, 0.3) is 0 Å². The summed E-state index contributed by atoms with van der Waals surface area (Å²) in [5.74, 6) is 0.589. The van der Waals surface area contributed by atoms with Crippen LogP contribution in [0.15, 0.2) is 23.0 Å². The van der Waals surface area contributed by atoms with E-state index in [1.54, 1.807) is 17.4 Å². The number of hydrogen-bond acceptors (Lipinski definition) is 5. The number of amides is 1. The number of hydrogen-bond donors (Lipinski definition) is 0. The van der Waals surface area contributed by atoms with Gasteiger partial charge in [0.15, 0.2) is 0 Å². The van der Waals surface area contributed by atoms with Crippen LogP contribution in [0, 0.1) is 6.92 Å². The Morgan fingerprint density at radius 3 is 3.16 bits per heavy atom. The van der Waals surface area contributed by atoms with Crippen molar-refractivity contribution in [2.75, 3.05) is 13.1 Å². The highest BCUT2D eigenvalue weighted by Crippen LogP contribution is 2.30. The summed E-state index contributed by atoms with van der Waals surface area (Å²) in [7, 11) is 0. The molecular weight excluding hydrogens is 262 g/mol. The molecule has 1 aliphatic rings. The van der Waals surface area contributed by atoms with E-state index in [0.29, 0.717) is 18.2 Å². The predicted molar refractivity (Wildman–Crippen MR) is 71.2 cm³/mol. The number of carbonyl (C=O) groups is 1. The van der Waals surface area contributed by atoms with Crippen molar-refractivity contribution in [3.05, 3.63) is 34.1 Å². The zero-order valence-electron chi connectivity index (χ0n) is 10.7. The Balaban J connectivity index is 1.73. The maximum absolute atomic E-state index is 12.2. The summed E-state index contributed by atoms with van der Waals surface area (Å²) < 4.78 is 4.94. The quantitative estimate of drug-likeness (QED) is 0.846. The molecule has 19 heavy (non-hydrogen) atoms. The van der Waals surface area contributed by atoms with Gasteiger partial charge < -0.3 is 9.42 Å². The van der Waals surface area contributed by atoms with Gasteiger partial charge in [-0.25, -0.2) is 4.98 Å². The molecule has 3 rings (SSSR count). The summed E-state index contributed by atoms with van der Waals surface area (Å²) in [5.41, 5.74) is 0. The van der Waals surface area contributed by atoms with E-state index in [-0.39, 0.29) is 5.91 Å². The molecule has 0 bridgehead atoms. The molecule has 0 N–H and O–H groups in total. The standard InChI is InChI=1S/C13H15N3O2S/c1-9-7-14-12(19-9)10-3-2-6-16(8-10)13(17)11-4-5-15-18-11/h4-5,7,10H,2-3,6,8H2,1H3/t10-/m1/s1. The maximum atomic E-state index is 12.2. The van der Waals surface area contributed by atoms with Gasteiger partial charge in [0.2, 0.25) is 5.76 Å². The largest absolute Gasteiger partial charge is 0.351 e. The Labute approximate surface area is 115 Å². The summed E-state index contributed by atoms with van der Waals surface area (Å²) in [6, 6.07) is 1.61. The SMILES string of the molecule is Cc1cnc([C@@H]2CCCN(C(=O)c3ccno3)C2)s1. The van der Waals surface area contributed by atoms with E-state index in [0.717, 1.165) is 24.4 Å². The number of aryl methyl sites for hydroxylation is 1. The first-order valence-electron chi connectivity index (χ1n) is 6.36. The molecule has 100 valence electrons. The van der Waals surface area contributed by atoms with E-state index in [1.807, 2.05) is 11.1 Å². The van der Waals surface area contributed by atoms with Crippen LogP contribution >= 0.6 is 11.3 Å². The molecule has 2 aromatic heterocycles. The van der Waals surface area contributed by atoms with Gasteiger partial charge in [0, 0.05) is 36.1 Å². The smallest absolute Gasteiger partial charge is 0.292 e. The fourth-order valence-electron chi connectivity index (χ4n) is 2.41. The number of nitrogens with zero attached hydrogens (tertiary/aromatic N) is 3. The molecular formula is C13H15N3O2S. The normalized spacial score (nSPS) is 19.6. The molecule has 0 spiro atoms. The fraction of sp³-hybridized carbons (Fsp3) is 0.462. The zero-order valence-corrected chi connectivity index (χ0v) is 11.5. The Hall–Kier alpha value is -1.69. The lowest BCUT2D eigenvalue weighted by Gasteiger charge is -2.31. The summed E-state index contributed by atoms with van der Waals surface area (Å²) in [5, 5.41) is 4.72. The minimum atomic E-state index is -0.0736. The van der Waals surface area contributed by atoms with Gasteiger partial charge >= 0.3 is 0 Å². The second-order valence-electron chi connectivity index (χ2n) is 4.78. The molecule has 1 amide bonds. The van der Waals surface area contributed by atoms with Gasteiger partial charge in [-0.2, -0.15) is 0 Å². The monoisotopic (exact) mass is 277 g/mol. The van der Waals surface area contributed by atoms with E-state index in [9.17, 15) is 4.79 Å². The number of likely N-dealkylation sites (tertiary alicyclic amines) is 1. The lowest BCUT2D eigenvalue weighted by atomic mass is 9.98. The van der Waals surface area contributed by atoms with Gasteiger partial charge in [-0.15, -0.1) is 11.3 Å². The van der Waals surface area contributed by atoms with E-state index in [1.165, 1.54) is 11.1 Å². The second-order valence-corrected chi connectivity index (χ2v) is 6.04. The molecule has 0 saturated carbocycles. The Morgan fingerprint density at radius 1 is 1.58 bits per heavy atom. The van der Waals surface area contributed by atoms with E-state index in [4.69, 9.17) is 4.52 Å². The first kappa shape index (κ1) is 12.3. The molecule has 1 aliphatic heterocycles. The van der Waals surface area contributed by atoms with Crippen LogP contribution in [0.2, 0.25) is 0 Å². The van der Waals surface area contributed by atoms with Gasteiger partial charge in [0.1, 0.15) is 0 Å². The van der Waals surface area contributed by atoms with Crippen molar-refractivity contribution >= 4 is 17.2 Å². The third kappa shape index (κ3) is 2.53. The molecule has 3 heterocycles. The average molecular weight is 277 g/mol. The zero-order chi connectivity index (χ0) is 13.2. The van der Waals surface area contributed by atoms with Gasteiger partial charge in [0.25, 0.3) is 5.91 Å². The molecule has 0 radical (unpaired) electrons. The molecule has 5 nitrogen and oxygen atoms in total. The van der Waals surface area contributed by atoms with Crippen molar-refractivity contribution in [3.63, 3.8) is 0 Å². The lowest BCUT2D eigenvalue weighted by Crippen LogP contribution is -2.38. The molecule has 0 aromatic carbocycles.